The molecule has 27 heavy (non-hydrogen) atoms. The van der Waals surface area contributed by atoms with Gasteiger partial charge in [0.2, 0.25) is 0 Å². The normalized spacial score (nSPS) is 11.7. The summed E-state index contributed by atoms with van der Waals surface area (Å²) in [6.45, 7) is 0. The molecule has 0 radical (unpaired) electrons. The van der Waals surface area contributed by atoms with E-state index in [0.29, 0.717) is 5.69 Å². The van der Waals surface area contributed by atoms with Crippen LogP contribution in [0.2, 0.25) is 0 Å². The Morgan fingerprint density at radius 1 is 0.704 bits per heavy atom. The number of anilines is 1. The third kappa shape index (κ3) is 2.67. The highest BCUT2D eigenvalue weighted by Crippen LogP contribution is 2.49. The molecule has 4 aromatic rings. The number of fused-ring (bicyclic) bond motifs is 3. The Hall–Kier alpha value is -3.52. The van der Waals surface area contributed by atoms with Gasteiger partial charge in [-0.3, -0.25) is 0 Å². The Labute approximate surface area is 158 Å². The molecule has 130 valence electrons. The SMILES string of the molecule is Nc1cc2c(c(-c3ccccc3)c1Oc1ccccc1)Cc1ccccc1-2. The second kappa shape index (κ2) is 6.33. The molecule has 1 aliphatic carbocycles. The van der Waals surface area contributed by atoms with Crippen molar-refractivity contribution in [2.75, 3.05) is 5.73 Å². The molecule has 0 unspecified atom stereocenters. The van der Waals surface area contributed by atoms with Crippen LogP contribution in [0, 0.1) is 0 Å². The first-order valence-corrected chi connectivity index (χ1v) is 9.13. The van der Waals surface area contributed by atoms with Crippen LogP contribution in [0.1, 0.15) is 11.1 Å². The second-order valence-corrected chi connectivity index (χ2v) is 6.81. The molecule has 0 bridgehead atoms. The van der Waals surface area contributed by atoms with Crippen molar-refractivity contribution in [2.45, 2.75) is 6.42 Å². The lowest BCUT2D eigenvalue weighted by Gasteiger charge is -2.18. The number of nitrogens with two attached hydrogens (primary N) is 1. The maximum atomic E-state index is 6.51. The molecule has 2 N–H and O–H groups in total. The van der Waals surface area contributed by atoms with Crippen LogP contribution < -0.4 is 10.5 Å². The molecule has 0 aliphatic heterocycles. The first-order chi connectivity index (χ1) is 13.3. The third-order valence-corrected chi connectivity index (χ3v) is 5.12. The molecule has 4 aromatic carbocycles. The molecular formula is C25H19NO. The molecule has 0 atom stereocenters. The maximum absolute atomic E-state index is 6.51. The van der Waals surface area contributed by atoms with E-state index in [0.717, 1.165) is 29.0 Å². The van der Waals surface area contributed by atoms with Gasteiger partial charge in [0.15, 0.2) is 5.75 Å². The number of hydrogen-bond acceptors (Lipinski definition) is 2. The molecule has 1 aliphatic rings. The van der Waals surface area contributed by atoms with E-state index in [2.05, 4.69) is 54.6 Å². The van der Waals surface area contributed by atoms with E-state index in [4.69, 9.17) is 10.5 Å². The minimum absolute atomic E-state index is 0.660. The van der Waals surface area contributed by atoms with Gasteiger partial charge in [0.05, 0.1) is 5.69 Å². The van der Waals surface area contributed by atoms with Gasteiger partial charge in [-0.1, -0.05) is 72.8 Å². The molecule has 0 spiro atoms. The van der Waals surface area contributed by atoms with Crippen molar-refractivity contribution in [3.8, 4) is 33.8 Å². The van der Waals surface area contributed by atoms with Gasteiger partial charge in [0.25, 0.3) is 0 Å². The lowest BCUT2D eigenvalue weighted by molar-refractivity contribution is 0.486. The predicted molar refractivity (Wildman–Crippen MR) is 111 cm³/mol. The van der Waals surface area contributed by atoms with Gasteiger partial charge in [0, 0.05) is 5.56 Å². The smallest absolute Gasteiger partial charge is 0.158 e. The van der Waals surface area contributed by atoms with Crippen LogP contribution in [0.25, 0.3) is 22.3 Å². The van der Waals surface area contributed by atoms with Crippen LogP contribution in [-0.4, -0.2) is 0 Å². The molecular weight excluding hydrogens is 330 g/mol. The number of benzene rings is 4. The summed E-state index contributed by atoms with van der Waals surface area (Å²) in [4.78, 5) is 0. The van der Waals surface area contributed by atoms with E-state index in [1.807, 2.05) is 36.4 Å². The number of rotatable bonds is 3. The van der Waals surface area contributed by atoms with Crippen molar-refractivity contribution in [1.29, 1.82) is 0 Å². The Balaban J connectivity index is 1.76. The van der Waals surface area contributed by atoms with Crippen molar-refractivity contribution < 1.29 is 4.74 Å². The second-order valence-electron chi connectivity index (χ2n) is 6.81. The summed E-state index contributed by atoms with van der Waals surface area (Å²) in [5, 5.41) is 0. The van der Waals surface area contributed by atoms with Gasteiger partial charge in [-0.15, -0.1) is 0 Å². The molecule has 0 saturated heterocycles. The van der Waals surface area contributed by atoms with E-state index in [1.165, 1.54) is 22.3 Å². The zero-order valence-electron chi connectivity index (χ0n) is 14.9. The van der Waals surface area contributed by atoms with Crippen LogP contribution in [0.4, 0.5) is 5.69 Å². The highest BCUT2D eigenvalue weighted by atomic mass is 16.5. The Morgan fingerprint density at radius 2 is 1.37 bits per heavy atom. The minimum atomic E-state index is 0.660. The van der Waals surface area contributed by atoms with E-state index < -0.39 is 0 Å². The lowest BCUT2D eigenvalue weighted by atomic mass is 9.93. The Bertz CT molecular complexity index is 1120. The minimum Gasteiger partial charge on any atom is -0.455 e. The predicted octanol–water partition coefficient (Wildman–Crippen LogP) is 6.30. The van der Waals surface area contributed by atoms with E-state index in [-0.39, 0.29) is 0 Å². The van der Waals surface area contributed by atoms with Gasteiger partial charge >= 0.3 is 0 Å². The number of hydrogen-bond donors (Lipinski definition) is 1. The van der Waals surface area contributed by atoms with Crippen LogP contribution in [-0.2, 0) is 6.42 Å². The average Bonchev–Trinajstić information content (AvgIpc) is 3.08. The summed E-state index contributed by atoms with van der Waals surface area (Å²) < 4.78 is 6.29. The van der Waals surface area contributed by atoms with Gasteiger partial charge in [-0.2, -0.15) is 0 Å². The molecule has 0 amide bonds. The van der Waals surface area contributed by atoms with E-state index in [9.17, 15) is 0 Å². The number of para-hydroxylation sites is 1. The zero-order valence-corrected chi connectivity index (χ0v) is 14.9. The highest BCUT2D eigenvalue weighted by Gasteiger charge is 2.26. The van der Waals surface area contributed by atoms with Gasteiger partial charge in [-0.25, -0.2) is 0 Å². The summed E-state index contributed by atoms with van der Waals surface area (Å²) in [5.41, 5.74) is 14.5. The van der Waals surface area contributed by atoms with Crippen LogP contribution in [0.5, 0.6) is 11.5 Å². The zero-order chi connectivity index (χ0) is 18.2. The van der Waals surface area contributed by atoms with Gasteiger partial charge in [0.1, 0.15) is 5.75 Å². The molecule has 5 rings (SSSR count). The molecule has 0 saturated carbocycles. The molecule has 0 aromatic heterocycles. The average molecular weight is 349 g/mol. The fraction of sp³-hybridized carbons (Fsp3) is 0.0400. The third-order valence-electron chi connectivity index (χ3n) is 5.12. The highest BCUT2D eigenvalue weighted by molar-refractivity contribution is 5.92. The van der Waals surface area contributed by atoms with Crippen molar-refractivity contribution in [3.05, 3.63) is 102 Å². The van der Waals surface area contributed by atoms with Crippen molar-refractivity contribution >= 4 is 5.69 Å². The maximum Gasteiger partial charge on any atom is 0.158 e. The monoisotopic (exact) mass is 349 g/mol. The van der Waals surface area contributed by atoms with Crippen molar-refractivity contribution in [3.63, 3.8) is 0 Å². The fourth-order valence-electron chi connectivity index (χ4n) is 3.90. The summed E-state index contributed by atoms with van der Waals surface area (Å²) in [5.74, 6) is 1.52. The van der Waals surface area contributed by atoms with Crippen molar-refractivity contribution in [1.82, 2.24) is 0 Å². The largest absolute Gasteiger partial charge is 0.455 e. The Morgan fingerprint density at radius 3 is 2.15 bits per heavy atom. The summed E-state index contributed by atoms with van der Waals surface area (Å²) in [6, 6.07) is 30.8. The summed E-state index contributed by atoms with van der Waals surface area (Å²) >= 11 is 0. The first-order valence-electron chi connectivity index (χ1n) is 9.13. The lowest BCUT2D eigenvalue weighted by Crippen LogP contribution is -1.99. The van der Waals surface area contributed by atoms with Crippen LogP contribution in [0.15, 0.2) is 91.0 Å². The molecule has 0 heterocycles. The molecule has 0 fully saturated rings. The van der Waals surface area contributed by atoms with Crippen molar-refractivity contribution in [2.24, 2.45) is 0 Å². The van der Waals surface area contributed by atoms with Crippen LogP contribution >= 0.6 is 0 Å². The summed E-state index contributed by atoms with van der Waals surface area (Å²) in [6.07, 6.45) is 0.890. The topological polar surface area (TPSA) is 35.2 Å². The fourth-order valence-corrected chi connectivity index (χ4v) is 3.90. The number of nitrogen functional groups attached to an aromatic ring is 1. The standard InChI is InChI=1S/C25H19NO/c26-23-16-21-20-14-8-7-11-18(20)15-22(21)24(17-9-3-1-4-10-17)25(23)27-19-12-5-2-6-13-19/h1-14,16H,15,26H2. The molecule has 2 nitrogen and oxygen atoms in total. The summed E-state index contributed by atoms with van der Waals surface area (Å²) in [7, 11) is 0. The molecule has 2 heteroatoms. The quantitative estimate of drug-likeness (QED) is 0.388. The Kier molecular flexibility index (Phi) is 3.68. The van der Waals surface area contributed by atoms with Gasteiger partial charge < -0.3 is 10.5 Å². The van der Waals surface area contributed by atoms with Gasteiger partial charge in [-0.05, 0) is 52.4 Å². The number of ether oxygens (including phenoxy) is 1. The van der Waals surface area contributed by atoms with E-state index in [1.54, 1.807) is 0 Å². The van der Waals surface area contributed by atoms with Crippen LogP contribution in [0.3, 0.4) is 0 Å². The van der Waals surface area contributed by atoms with E-state index >= 15 is 0 Å². The first kappa shape index (κ1) is 15.7.